The average molecular weight is 326 g/mol. The van der Waals surface area contributed by atoms with Crippen LogP contribution < -0.4 is 0 Å². The maximum atomic E-state index is 12.1. The van der Waals surface area contributed by atoms with Gasteiger partial charge in [0.05, 0.1) is 22.5 Å². The van der Waals surface area contributed by atoms with Crippen molar-refractivity contribution in [1.82, 2.24) is 0 Å². The van der Waals surface area contributed by atoms with Crippen molar-refractivity contribution < 1.29 is 22.7 Å². The van der Waals surface area contributed by atoms with E-state index in [9.17, 15) is 13.2 Å². The van der Waals surface area contributed by atoms with Gasteiger partial charge >= 0.3 is 5.97 Å². The third kappa shape index (κ3) is 3.89. The molecule has 0 fully saturated rings. The van der Waals surface area contributed by atoms with Gasteiger partial charge < -0.3 is 9.52 Å². The number of carboxylic acid groups (broad SMARTS) is 1. The summed E-state index contributed by atoms with van der Waals surface area (Å²) in [5.41, 5.74) is 0.0670. The van der Waals surface area contributed by atoms with Crippen LogP contribution in [-0.2, 0) is 9.84 Å². The van der Waals surface area contributed by atoms with Crippen LogP contribution in [-0.4, -0.2) is 31.0 Å². The summed E-state index contributed by atoms with van der Waals surface area (Å²) in [5, 5.41) is 8.79. The SMILES string of the molecule is Cc1occc1SCCS(=O)(=O)c1ccc(C(=O)O)cc1. The van der Waals surface area contributed by atoms with E-state index >= 15 is 0 Å². The number of hydrogen-bond donors (Lipinski definition) is 1. The molecule has 0 bridgehead atoms. The van der Waals surface area contributed by atoms with E-state index in [0.717, 1.165) is 10.7 Å². The number of rotatable bonds is 6. The normalized spacial score (nSPS) is 11.5. The number of aromatic carboxylic acids is 1. The zero-order valence-corrected chi connectivity index (χ0v) is 12.9. The van der Waals surface area contributed by atoms with Crippen LogP contribution >= 0.6 is 11.8 Å². The highest BCUT2D eigenvalue weighted by atomic mass is 32.2. The molecule has 0 aliphatic carbocycles. The highest BCUT2D eigenvalue weighted by molar-refractivity contribution is 8.00. The highest BCUT2D eigenvalue weighted by Gasteiger charge is 2.15. The molecule has 112 valence electrons. The van der Waals surface area contributed by atoms with Gasteiger partial charge in [0.25, 0.3) is 0 Å². The minimum atomic E-state index is -3.41. The number of benzene rings is 1. The Balaban J connectivity index is 2.01. The molecule has 21 heavy (non-hydrogen) atoms. The van der Waals surface area contributed by atoms with Gasteiger partial charge in [-0.2, -0.15) is 0 Å². The quantitative estimate of drug-likeness (QED) is 0.822. The Bertz CT molecular complexity index is 729. The van der Waals surface area contributed by atoms with Gasteiger partial charge in [0.1, 0.15) is 5.76 Å². The predicted molar refractivity (Wildman–Crippen MR) is 79.6 cm³/mol. The molecule has 1 aromatic heterocycles. The van der Waals surface area contributed by atoms with Crippen molar-refractivity contribution in [3.05, 3.63) is 47.9 Å². The summed E-state index contributed by atoms with van der Waals surface area (Å²) in [7, 11) is -3.41. The van der Waals surface area contributed by atoms with Gasteiger partial charge in [-0.05, 0) is 37.3 Å². The Morgan fingerprint density at radius 2 is 1.90 bits per heavy atom. The fourth-order valence-corrected chi connectivity index (χ4v) is 4.33. The maximum Gasteiger partial charge on any atom is 0.335 e. The molecule has 0 radical (unpaired) electrons. The summed E-state index contributed by atoms with van der Waals surface area (Å²) in [6, 6.07) is 7.04. The van der Waals surface area contributed by atoms with Crippen LogP contribution in [0.25, 0.3) is 0 Å². The Kier molecular flexibility index (Phi) is 4.74. The fraction of sp³-hybridized carbons (Fsp3) is 0.214. The molecule has 2 aromatic rings. The van der Waals surface area contributed by atoms with Crippen LogP contribution in [0, 0.1) is 6.92 Å². The fourth-order valence-electron chi connectivity index (χ4n) is 1.71. The molecule has 5 nitrogen and oxygen atoms in total. The smallest absolute Gasteiger partial charge is 0.335 e. The Labute approximate surface area is 126 Å². The van der Waals surface area contributed by atoms with Crippen molar-refractivity contribution in [3.8, 4) is 0 Å². The molecule has 7 heteroatoms. The zero-order valence-electron chi connectivity index (χ0n) is 11.3. The second kappa shape index (κ2) is 6.36. The van der Waals surface area contributed by atoms with E-state index in [0.29, 0.717) is 5.75 Å². The second-order valence-electron chi connectivity index (χ2n) is 4.34. The van der Waals surface area contributed by atoms with E-state index in [1.54, 1.807) is 12.3 Å². The van der Waals surface area contributed by atoms with E-state index in [1.165, 1.54) is 36.0 Å². The van der Waals surface area contributed by atoms with Crippen LogP contribution in [0.4, 0.5) is 0 Å². The number of sulfone groups is 1. The summed E-state index contributed by atoms with van der Waals surface area (Å²) < 4.78 is 29.4. The first-order chi connectivity index (χ1) is 9.90. The van der Waals surface area contributed by atoms with Crippen molar-refractivity contribution in [2.24, 2.45) is 0 Å². The lowest BCUT2D eigenvalue weighted by Crippen LogP contribution is -2.09. The molecule has 0 aliphatic heterocycles. The van der Waals surface area contributed by atoms with Gasteiger partial charge in [0.2, 0.25) is 0 Å². The first-order valence-corrected chi connectivity index (χ1v) is 8.77. The minimum absolute atomic E-state index is 0.0191. The molecule has 0 amide bonds. The molecule has 0 unspecified atom stereocenters. The van der Waals surface area contributed by atoms with E-state index in [1.807, 2.05) is 6.92 Å². The van der Waals surface area contributed by atoms with Crippen LogP contribution in [0.3, 0.4) is 0 Å². The van der Waals surface area contributed by atoms with Gasteiger partial charge in [0.15, 0.2) is 9.84 Å². The molecule has 0 aliphatic rings. The molecule has 2 rings (SSSR count). The Hall–Kier alpha value is -1.73. The Morgan fingerprint density at radius 1 is 1.24 bits per heavy atom. The third-order valence-corrected chi connectivity index (χ3v) is 6.01. The third-order valence-electron chi connectivity index (χ3n) is 2.88. The number of aryl methyl sites for hydroxylation is 1. The number of carboxylic acids is 1. The van der Waals surface area contributed by atoms with Crippen molar-refractivity contribution in [1.29, 1.82) is 0 Å². The van der Waals surface area contributed by atoms with E-state index < -0.39 is 15.8 Å². The summed E-state index contributed by atoms with van der Waals surface area (Å²) in [6.45, 7) is 1.82. The highest BCUT2D eigenvalue weighted by Crippen LogP contribution is 2.24. The standard InChI is InChI=1S/C14H14O5S2/c1-10-13(6-7-19-10)20-8-9-21(17,18)12-4-2-11(3-5-12)14(15)16/h2-7H,8-9H2,1H3,(H,15,16). The molecule has 0 saturated heterocycles. The monoisotopic (exact) mass is 326 g/mol. The summed E-state index contributed by atoms with van der Waals surface area (Å²) >= 11 is 1.42. The van der Waals surface area contributed by atoms with E-state index in [4.69, 9.17) is 9.52 Å². The Morgan fingerprint density at radius 3 is 2.43 bits per heavy atom. The van der Waals surface area contributed by atoms with Crippen molar-refractivity contribution in [2.75, 3.05) is 11.5 Å². The van der Waals surface area contributed by atoms with Crippen molar-refractivity contribution in [2.45, 2.75) is 16.7 Å². The number of carbonyl (C=O) groups is 1. The minimum Gasteiger partial charge on any atom is -0.478 e. The molecule has 0 spiro atoms. The maximum absolute atomic E-state index is 12.1. The number of thioether (sulfide) groups is 1. The molecular weight excluding hydrogens is 312 g/mol. The van der Waals surface area contributed by atoms with Gasteiger partial charge in [-0.25, -0.2) is 13.2 Å². The van der Waals surface area contributed by atoms with Crippen LogP contribution in [0.1, 0.15) is 16.1 Å². The lowest BCUT2D eigenvalue weighted by Gasteiger charge is -2.04. The largest absolute Gasteiger partial charge is 0.478 e. The molecule has 1 heterocycles. The average Bonchev–Trinajstić information content (AvgIpc) is 2.84. The summed E-state index contributed by atoms with van der Waals surface area (Å²) in [5.74, 6) is 0.0751. The van der Waals surface area contributed by atoms with Crippen LogP contribution in [0.5, 0.6) is 0 Å². The van der Waals surface area contributed by atoms with Crippen LogP contribution in [0.2, 0.25) is 0 Å². The topological polar surface area (TPSA) is 84.6 Å². The second-order valence-corrected chi connectivity index (χ2v) is 7.58. The predicted octanol–water partition coefficient (Wildman–Crippen LogP) is 2.85. The lowest BCUT2D eigenvalue weighted by molar-refractivity contribution is 0.0696. The van der Waals surface area contributed by atoms with Gasteiger partial charge in [-0.1, -0.05) is 0 Å². The number of furan rings is 1. The summed E-state index contributed by atoms with van der Waals surface area (Å²) in [6.07, 6.45) is 1.57. The van der Waals surface area contributed by atoms with Crippen LogP contribution in [0.15, 0.2) is 50.8 Å². The van der Waals surface area contributed by atoms with E-state index in [-0.39, 0.29) is 16.2 Å². The van der Waals surface area contributed by atoms with E-state index in [2.05, 4.69) is 0 Å². The summed E-state index contributed by atoms with van der Waals surface area (Å²) in [4.78, 5) is 11.8. The molecule has 1 N–H and O–H groups in total. The van der Waals surface area contributed by atoms with Gasteiger partial charge in [-0.15, -0.1) is 11.8 Å². The van der Waals surface area contributed by atoms with Crippen molar-refractivity contribution >= 4 is 27.6 Å². The molecule has 0 atom stereocenters. The lowest BCUT2D eigenvalue weighted by atomic mass is 10.2. The zero-order chi connectivity index (χ0) is 15.5. The first-order valence-electron chi connectivity index (χ1n) is 6.13. The van der Waals surface area contributed by atoms with Gasteiger partial charge in [0, 0.05) is 10.6 Å². The van der Waals surface area contributed by atoms with Gasteiger partial charge in [-0.3, -0.25) is 0 Å². The molecule has 1 aromatic carbocycles. The molecule has 0 saturated carbocycles. The van der Waals surface area contributed by atoms with Crippen molar-refractivity contribution in [3.63, 3.8) is 0 Å². The molecular formula is C14H14O5S2. The first kappa shape index (κ1) is 15.7. The number of hydrogen-bond acceptors (Lipinski definition) is 5.